The van der Waals surface area contributed by atoms with Crippen LogP contribution >= 0.6 is 0 Å². The lowest BCUT2D eigenvalue weighted by atomic mass is 10.1. The summed E-state index contributed by atoms with van der Waals surface area (Å²) >= 11 is 0. The maximum atomic E-state index is 12.1. The van der Waals surface area contributed by atoms with Crippen molar-refractivity contribution in [2.24, 2.45) is 5.10 Å². The van der Waals surface area contributed by atoms with Gasteiger partial charge in [-0.05, 0) is 43.3 Å². The molecule has 0 saturated carbocycles. The quantitative estimate of drug-likeness (QED) is 0.262. The number of carbonyl (C=O) groups is 3. The van der Waals surface area contributed by atoms with Gasteiger partial charge in [0.05, 0.1) is 18.6 Å². The van der Waals surface area contributed by atoms with E-state index in [-0.39, 0.29) is 11.1 Å². The van der Waals surface area contributed by atoms with E-state index in [9.17, 15) is 19.5 Å². The van der Waals surface area contributed by atoms with E-state index in [0.29, 0.717) is 5.76 Å². The summed E-state index contributed by atoms with van der Waals surface area (Å²) in [7, 11) is 0. The van der Waals surface area contributed by atoms with Crippen LogP contribution < -0.4 is 16.2 Å². The number of benzene rings is 1. The summed E-state index contributed by atoms with van der Waals surface area (Å²) in [6.07, 6.45) is 1.58. The van der Waals surface area contributed by atoms with Crippen LogP contribution in [0.2, 0.25) is 0 Å². The summed E-state index contributed by atoms with van der Waals surface area (Å²) in [4.78, 5) is 35.6. The normalized spacial score (nSPS) is 13.0. The predicted molar refractivity (Wildman–Crippen MR) is 93.1 cm³/mol. The Kier molecular flexibility index (Phi) is 6.80. The first-order chi connectivity index (χ1) is 12.9. The second-order valence-electron chi connectivity index (χ2n) is 5.46. The van der Waals surface area contributed by atoms with Crippen molar-refractivity contribution in [1.29, 1.82) is 0 Å². The maximum Gasteiger partial charge on any atom is 0.271 e. The van der Waals surface area contributed by atoms with E-state index in [1.807, 2.05) is 0 Å². The van der Waals surface area contributed by atoms with E-state index in [1.54, 1.807) is 12.1 Å². The zero-order chi connectivity index (χ0) is 19.8. The Bertz CT molecular complexity index is 814. The summed E-state index contributed by atoms with van der Waals surface area (Å²) in [6.45, 7) is 1.29. The van der Waals surface area contributed by atoms with Gasteiger partial charge in [-0.25, -0.2) is 10.9 Å². The zero-order valence-electron chi connectivity index (χ0n) is 14.2. The van der Waals surface area contributed by atoms with Gasteiger partial charge in [-0.15, -0.1) is 0 Å². The van der Waals surface area contributed by atoms with Gasteiger partial charge in [0, 0.05) is 11.1 Å². The minimum atomic E-state index is -1.33. The number of hydrazone groups is 1. The minimum Gasteiger partial charge on any atom is -0.463 e. The highest BCUT2D eigenvalue weighted by atomic mass is 16.5. The lowest BCUT2D eigenvalue weighted by Gasteiger charge is -2.19. The molecule has 2 atom stereocenters. The molecule has 1 aromatic carbocycles. The summed E-state index contributed by atoms with van der Waals surface area (Å²) < 4.78 is 5.03. The first-order valence-electron chi connectivity index (χ1n) is 7.82. The number of amides is 3. The average Bonchev–Trinajstić information content (AvgIpc) is 3.18. The third-order valence-corrected chi connectivity index (χ3v) is 3.47. The van der Waals surface area contributed by atoms with Gasteiger partial charge in [0.15, 0.2) is 0 Å². The fourth-order valence-corrected chi connectivity index (χ4v) is 2.06. The van der Waals surface area contributed by atoms with Gasteiger partial charge in [0.25, 0.3) is 17.7 Å². The van der Waals surface area contributed by atoms with Gasteiger partial charge in [0.1, 0.15) is 11.8 Å². The fourth-order valence-electron chi connectivity index (χ4n) is 2.06. The van der Waals surface area contributed by atoms with Crippen LogP contribution in [0.25, 0.3) is 0 Å². The molecule has 27 heavy (non-hydrogen) atoms. The van der Waals surface area contributed by atoms with Crippen LogP contribution in [-0.2, 0) is 4.79 Å². The smallest absolute Gasteiger partial charge is 0.271 e. The Labute approximate surface area is 153 Å². The number of hydrogen-bond acceptors (Lipinski definition) is 7. The number of furan rings is 1. The number of nitrogens with zero attached hydrogens (tertiary/aromatic N) is 1. The van der Waals surface area contributed by atoms with E-state index in [1.165, 1.54) is 49.1 Å². The minimum absolute atomic E-state index is 0.155. The van der Waals surface area contributed by atoms with Gasteiger partial charge in [-0.2, -0.15) is 5.10 Å². The number of aliphatic hydroxyl groups is 1. The monoisotopic (exact) mass is 374 g/mol. The van der Waals surface area contributed by atoms with Crippen molar-refractivity contribution >= 4 is 23.9 Å². The highest BCUT2D eigenvalue weighted by Gasteiger charge is 2.25. The molecule has 0 spiro atoms. The summed E-state index contributed by atoms with van der Waals surface area (Å²) in [6, 6.07) is 7.56. The second kappa shape index (κ2) is 9.27. The number of hydrogen-bond donors (Lipinski definition) is 5. The number of carbonyl (C=O) groups excluding carboxylic acids is 3. The molecule has 0 aliphatic carbocycles. The molecule has 1 heterocycles. The number of aliphatic hydroxyl groups excluding tert-OH is 1. The van der Waals surface area contributed by atoms with Crippen LogP contribution in [0, 0.1) is 0 Å². The van der Waals surface area contributed by atoms with Gasteiger partial charge in [0.2, 0.25) is 0 Å². The van der Waals surface area contributed by atoms with Crippen molar-refractivity contribution in [3.8, 4) is 0 Å². The second-order valence-corrected chi connectivity index (χ2v) is 5.46. The van der Waals surface area contributed by atoms with E-state index < -0.39 is 29.9 Å². The molecular weight excluding hydrogens is 356 g/mol. The van der Waals surface area contributed by atoms with Crippen molar-refractivity contribution < 1.29 is 29.1 Å². The van der Waals surface area contributed by atoms with Crippen LogP contribution in [-0.4, -0.2) is 46.4 Å². The van der Waals surface area contributed by atoms with Crippen molar-refractivity contribution in [1.82, 2.24) is 16.2 Å². The van der Waals surface area contributed by atoms with Crippen molar-refractivity contribution in [2.75, 3.05) is 0 Å². The largest absolute Gasteiger partial charge is 0.463 e. The van der Waals surface area contributed by atoms with Crippen LogP contribution in [0.5, 0.6) is 0 Å². The molecule has 1 aromatic heterocycles. The molecule has 0 bridgehead atoms. The van der Waals surface area contributed by atoms with Crippen molar-refractivity contribution in [2.45, 2.75) is 19.1 Å². The SMILES string of the molecule is C[C@@H](O)[C@H](NC(=O)c1ccc(C(=O)NN=Cc2ccco2)cc1)C(=O)NO. The van der Waals surface area contributed by atoms with Gasteiger partial charge >= 0.3 is 0 Å². The van der Waals surface area contributed by atoms with E-state index in [2.05, 4.69) is 15.8 Å². The number of rotatable bonds is 7. The Hall–Kier alpha value is -3.50. The topological polar surface area (TPSA) is 153 Å². The van der Waals surface area contributed by atoms with E-state index >= 15 is 0 Å². The van der Waals surface area contributed by atoms with Gasteiger partial charge in [-0.1, -0.05) is 0 Å². The molecule has 0 saturated heterocycles. The molecule has 142 valence electrons. The number of hydroxylamine groups is 1. The molecule has 10 heteroatoms. The van der Waals surface area contributed by atoms with E-state index in [4.69, 9.17) is 9.62 Å². The molecule has 0 fully saturated rings. The Morgan fingerprint density at radius 1 is 1.11 bits per heavy atom. The Morgan fingerprint density at radius 3 is 2.26 bits per heavy atom. The fraction of sp³-hybridized carbons (Fsp3) is 0.176. The molecular formula is C17H18N4O6. The van der Waals surface area contributed by atoms with Crippen LogP contribution in [0.4, 0.5) is 0 Å². The first-order valence-corrected chi connectivity index (χ1v) is 7.82. The lowest BCUT2D eigenvalue weighted by Crippen LogP contribution is -2.51. The number of nitrogens with one attached hydrogen (secondary N) is 3. The molecule has 5 N–H and O–H groups in total. The molecule has 2 rings (SSSR count). The third kappa shape index (κ3) is 5.49. The third-order valence-electron chi connectivity index (χ3n) is 3.47. The van der Waals surface area contributed by atoms with E-state index in [0.717, 1.165) is 0 Å². The highest BCUT2D eigenvalue weighted by Crippen LogP contribution is 2.06. The maximum absolute atomic E-state index is 12.1. The summed E-state index contributed by atoms with van der Waals surface area (Å²) in [5.41, 5.74) is 4.09. The average molecular weight is 374 g/mol. The summed E-state index contributed by atoms with van der Waals surface area (Å²) in [5, 5.41) is 24.2. The summed E-state index contributed by atoms with van der Waals surface area (Å²) in [5.74, 6) is -1.63. The van der Waals surface area contributed by atoms with Gasteiger partial charge in [-0.3, -0.25) is 19.6 Å². The van der Waals surface area contributed by atoms with Crippen molar-refractivity contribution in [3.63, 3.8) is 0 Å². The Morgan fingerprint density at radius 2 is 1.74 bits per heavy atom. The predicted octanol–water partition coefficient (Wildman–Crippen LogP) is 0.0281. The van der Waals surface area contributed by atoms with Crippen LogP contribution in [0.3, 0.4) is 0 Å². The van der Waals surface area contributed by atoms with Gasteiger partial charge < -0.3 is 14.8 Å². The molecule has 3 amide bonds. The molecule has 0 unspecified atom stereocenters. The molecule has 0 aliphatic rings. The van der Waals surface area contributed by atoms with Crippen LogP contribution in [0.1, 0.15) is 33.4 Å². The molecule has 2 aromatic rings. The lowest BCUT2D eigenvalue weighted by molar-refractivity contribution is -0.133. The standard InChI is InChI=1S/C17H18N4O6/c1-10(22)14(17(25)21-26)19-15(23)11-4-6-12(7-5-11)16(24)20-18-9-13-3-2-8-27-13/h2-10,14,22,26H,1H3,(H,19,23)(H,20,24)(H,21,25)/t10-,14+/m1/s1. The first kappa shape index (κ1) is 19.8. The van der Waals surface area contributed by atoms with Crippen LogP contribution in [0.15, 0.2) is 52.2 Å². The Balaban J connectivity index is 1.98. The highest BCUT2D eigenvalue weighted by molar-refractivity contribution is 5.99. The molecule has 0 radical (unpaired) electrons. The molecule has 0 aliphatic heterocycles. The van der Waals surface area contributed by atoms with Crippen molar-refractivity contribution in [3.05, 3.63) is 59.5 Å². The zero-order valence-corrected chi connectivity index (χ0v) is 14.2. The molecule has 10 nitrogen and oxygen atoms in total.